The van der Waals surface area contributed by atoms with E-state index in [2.05, 4.69) is 25.2 Å². The molecule has 0 saturated heterocycles. The molecule has 0 unspecified atom stereocenters. The van der Waals surface area contributed by atoms with Crippen molar-refractivity contribution in [2.24, 2.45) is 0 Å². The van der Waals surface area contributed by atoms with Crippen LogP contribution in [-0.4, -0.2) is 11.9 Å². The van der Waals surface area contributed by atoms with Crippen LogP contribution in [0.1, 0.15) is 74.4 Å². The predicted octanol–water partition coefficient (Wildman–Crippen LogP) is 4.65. The van der Waals surface area contributed by atoms with Gasteiger partial charge < -0.3 is 5.32 Å². The SMILES string of the molecule is CCCCCCCc1cc(C)cc(C(=O)NC(C)C)c1. The van der Waals surface area contributed by atoms with E-state index in [-0.39, 0.29) is 11.9 Å². The van der Waals surface area contributed by atoms with Gasteiger partial charge in [-0.2, -0.15) is 0 Å². The number of carbonyl (C=O) groups excluding carboxylic acids is 1. The summed E-state index contributed by atoms with van der Waals surface area (Å²) in [6.45, 7) is 8.28. The van der Waals surface area contributed by atoms with Crippen molar-refractivity contribution in [3.63, 3.8) is 0 Å². The van der Waals surface area contributed by atoms with Crippen molar-refractivity contribution in [2.75, 3.05) is 0 Å². The van der Waals surface area contributed by atoms with Gasteiger partial charge in [0.15, 0.2) is 0 Å². The van der Waals surface area contributed by atoms with Crippen molar-refractivity contribution >= 4 is 5.91 Å². The first-order valence-electron chi connectivity index (χ1n) is 7.94. The molecule has 0 bridgehead atoms. The summed E-state index contributed by atoms with van der Waals surface area (Å²) < 4.78 is 0. The van der Waals surface area contributed by atoms with E-state index in [0.717, 1.165) is 12.0 Å². The zero-order chi connectivity index (χ0) is 15.0. The van der Waals surface area contributed by atoms with Gasteiger partial charge in [-0.25, -0.2) is 0 Å². The van der Waals surface area contributed by atoms with Gasteiger partial charge in [-0.15, -0.1) is 0 Å². The lowest BCUT2D eigenvalue weighted by molar-refractivity contribution is 0.0943. The van der Waals surface area contributed by atoms with Gasteiger partial charge in [0.1, 0.15) is 0 Å². The second kappa shape index (κ2) is 8.78. The van der Waals surface area contributed by atoms with E-state index < -0.39 is 0 Å². The quantitative estimate of drug-likeness (QED) is 0.688. The highest BCUT2D eigenvalue weighted by molar-refractivity contribution is 5.94. The van der Waals surface area contributed by atoms with E-state index in [1.807, 2.05) is 26.0 Å². The minimum absolute atomic E-state index is 0.0379. The standard InChI is InChI=1S/C18H29NO/c1-5-6-7-8-9-10-16-11-15(4)12-17(13-16)18(20)19-14(2)3/h11-14H,5-10H2,1-4H3,(H,19,20). The lowest BCUT2D eigenvalue weighted by Gasteiger charge is -2.11. The lowest BCUT2D eigenvalue weighted by atomic mass is 10.0. The summed E-state index contributed by atoms with van der Waals surface area (Å²) in [5, 5.41) is 2.96. The maximum absolute atomic E-state index is 12.1. The van der Waals surface area contributed by atoms with Gasteiger partial charge in [0.05, 0.1) is 0 Å². The van der Waals surface area contributed by atoms with Gasteiger partial charge >= 0.3 is 0 Å². The summed E-state index contributed by atoms with van der Waals surface area (Å²) in [4.78, 5) is 12.1. The Balaban J connectivity index is 2.59. The van der Waals surface area contributed by atoms with Crippen LogP contribution in [-0.2, 0) is 6.42 Å². The Morgan fingerprint density at radius 1 is 1.10 bits per heavy atom. The van der Waals surface area contributed by atoms with Gasteiger partial charge in [0, 0.05) is 11.6 Å². The van der Waals surface area contributed by atoms with Crippen LogP contribution in [0.3, 0.4) is 0 Å². The summed E-state index contributed by atoms with van der Waals surface area (Å²) >= 11 is 0. The Kier molecular flexibility index (Phi) is 7.35. The Bertz CT molecular complexity index is 423. The maximum atomic E-state index is 12.1. The molecule has 1 aromatic carbocycles. The highest BCUT2D eigenvalue weighted by atomic mass is 16.1. The van der Waals surface area contributed by atoms with Crippen LogP contribution in [0.5, 0.6) is 0 Å². The number of nitrogens with one attached hydrogen (secondary N) is 1. The van der Waals surface area contributed by atoms with Crippen LogP contribution in [0.2, 0.25) is 0 Å². The van der Waals surface area contributed by atoms with Crippen molar-refractivity contribution in [3.05, 3.63) is 34.9 Å². The van der Waals surface area contributed by atoms with Crippen molar-refractivity contribution in [3.8, 4) is 0 Å². The normalized spacial score (nSPS) is 10.8. The molecule has 0 atom stereocenters. The monoisotopic (exact) mass is 275 g/mol. The molecule has 0 aliphatic carbocycles. The van der Waals surface area contributed by atoms with E-state index in [0.29, 0.717) is 0 Å². The molecule has 1 N–H and O–H groups in total. The number of benzene rings is 1. The van der Waals surface area contributed by atoms with Gasteiger partial charge in [0.25, 0.3) is 5.91 Å². The van der Waals surface area contributed by atoms with Crippen molar-refractivity contribution in [2.45, 2.75) is 72.3 Å². The fraction of sp³-hybridized carbons (Fsp3) is 0.611. The molecule has 0 aliphatic heterocycles. The molecule has 2 nitrogen and oxygen atoms in total. The number of aryl methyl sites for hydroxylation is 2. The minimum atomic E-state index is 0.0379. The molecule has 0 radical (unpaired) electrons. The highest BCUT2D eigenvalue weighted by Gasteiger charge is 2.08. The summed E-state index contributed by atoms with van der Waals surface area (Å²) in [5.74, 6) is 0.0379. The average Bonchev–Trinajstić information content (AvgIpc) is 2.37. The molecule has 0 aromatic heterocycles. The summed E-state index contributed by atoms with van der Waals surface area (Å²) in [7, 11) is 0. The number of amides is 1. The Morgan fingerprint density at radius 2 is 1.80 bits per heavy atom. The largest absolute Gasteiger partial charge is 0.350 e. The lowest BCUT2D eigenvalue weighted by Crippen LogP contribution is -2.30. The number of hydrogen-bond donors (Lipinski definition) is 1. The molecule has 1 rings (SSSR count). The topological polar surface area (TPSA) is 29.1 Å². The van der Waals surface area contributed by atoms with Crippen LogP contribution in [0.15, 0.2) is 18.2 Å². The number of carbonyl (C=O) groups is 1. The minimum Gasteiger partial charge on any atom is -0.350 e. The van der Waals surface area contributed by atoms with Crippen molar-refractivity contribution < 1.29 is 4.79 Å². The number of hydrogen-bond acceptors (Lipinski definition) is 1. The highest BCUT2D eigenvalue weighted by Crippen LogP contribution is 2.14. The number of rotatable bonds is 8. The molecule has 0 spiro atoms. The second-order valence-electron chi connectivity index (χ2n) is 6.00. The van der Waals surface area contributed by atoms with Gasteiger partial charge in [-0.1, -0.05) is 44.2 Å². The molecule has 2 heteroatoms. The fourth-order valence-corrected chi connectivity index (χ4v) is 2.42. The van der Waals surface area contributed by atoms with Gasteiger partial charge in [-0.05, 0) is 51.3 Å². The molecule has 0 heterocycles. The molecule has 20 heavy (non-hydrogen) atoms. The van der Waals surface area contributed by atoms with E-state index in [1.165, 1.54) is 43.2 Å². The zero-order valence-electron chi connectivity index (χ0n) is 13.5. The molecule has 0 saturated carbocycles. The third-order valence-electron chi connectivity index (χ3n) is 3.39. The van der Waals surface area contributed by atoms with Crippen molar-refractivity contribution in [1.29, 1.82) is 0 Å². The molecule has 1 amide bonds. The molecule has 1 aromatic rings. The first-order valence-corrected chi connectivity index (χ1v) is 7.94. The summed E-state index contributed by atoms with van der Waals surface area (Å²) in [6.07, 6.45) is 7.51. The van der Waals surface area contributed by atoms with Crippen LogP contribution in [0, 0.1) is 6.92 Å². The average molecular weight is 275 g/mol. The van der Waals surface area contributed by atoms with Crippen LogP contribution >= 0.6 is 0 Å². The van der Waals surface area contributed by atoms with Crippen LogP contribution in [0.4, 0.5) is 0 Å². The van der Waals surface area contributed by atoms with E-state index >= 15 is 0 Å². The smallest absolute Gasteiger partial charge is 0.251 e. The zero-order valence-corrected chi connectivity index (χ0v) is 13.5. The third-order valence-corrected chi connectivity index (χ3v) is 3.39. The fourth-order valence-electron chi connectivity index (χ4n) is 2.42. The Hall–Kier alpha value is -1.31. The number of unbranched alkanes of at least 4 members (excludes halogenated alkanes) is 4. The molecule has 0 aliphatic rings. The summed E-state index contributed by atoms with van der Waals surface area (Å²) in [5.41, 5.74) is 3.25. The maximum Gasteiger partial charge on any atom is 0.251 e. The Morgan fingerprint density at radius 3 is 2.45 bits per heavy atom. The first kappa shape index (κ1) is 16.7. The molecular formula is C18H29NO. The van der Waals surface area contributed by atoms with Crippen molar-refractivity contribution in [1.82, 2.24) is 5.32 Å². The van der Waals surface area contributed by atoms with Gasteiger partial charge in [-0.3, -0.25) is 4.79 Å². The van der Waals surface area contributed by atoms with E-state index in [1.54, 1.807) is 0 Å². The predicted molar refractivity (Wildman–Crippen MR) is 86.2 cm³/mol. The molecule has 0 fully saturated rings. The second-order valence-corrected chi connectivity index (χ2v) is 6.00. The molecular weight excluding hydrogens is 246 g/mol. The third kappa shape index (κ3) is 6.23. The van der Waals surface area contributed by atoms with Crippen LogP contribution < -0.4 is 5.32 Å². The Labute approximate surface area is 124 Å². The van der Waals surface area contributed by atoms with E-state index in [9.17, 15) is 4.79 Å². The summed E-state index contributed by atoms with van der Waals surface area (Å²) in [6, 6.07) is 6.40. The van der Waals surface area contributed by atoms with E-state index in [4.69, 9.17) is 0 Å². The first-order chi connectivity index (χ1) is 9.52. The molecule has 112 valence electrons. The van der Waals surface area contributed by atoms with Crippen LogP contribution in [0.25, 0.3) is 0 Å². The van der Waals surface area contributed by atoms with Gasteiger partial charge in [0.2, 0.25) is 0 Å².